The molecule has 0 spiro atoms. The lowest BCUT2D eigenvalue weighted by atomic mass is 10.0. The van der Waals surface area contributed by atoms with E-state index < -0.39 is 0 Å². The van der Waals surface area contributed by atoms with Crippen LogP contribution in [0.15, 0.2) is 18.2 Å². The summed E-state index contributed by atoms with van der Waals surface area (Å²) in [4.78, 5) is 2.51. The Balaban J connectivity index is 1.56. The third-order valence-corrected chi connectivity index (χ3v) is 4.87. The largest absolute Gasteiger partial charge is 0.493 e. The van der Waals surface area contributed by atoms with E-state index in [2.05, 4.69) is 42.3 Å². The van der Waals surface area contributed by atoms with Crippen LogP contribution in [0.4, 0.5) is 0 Å². The lowest BCUT2D eigenvalue weighted by Gasteiger charge is -2.20. The van der Waals surface area contributed by atoms with Gasteiger partial charge in [-0.15, -0.1) is 0 Å². The minimum absolute atomic E-state index is 0.861. The summed E-state index contributed by atoms with van der Waals surface area (Å²) in [5, 5.41) is 3.42. The molecule has 0 fully saturated rings. The number of hydrogen-bond donors (Lipinski definition) is 1. The highest BCUT2D eigenvalue weighted by molar-refractivity contribution is 5.41. The molecule has 130 valence electrons. The Labute approximate surface area is 142 Å². The normalized spacial score (nSPS) is 14.0. The average Bonchev–Trinajstić information content (AvgIpc) is 2.60. The smallest absolute Gasteiger partial charge is 0.122 e. The topological polar surface area (TPSA) is 24.5 Å². The van der Waals surface area contributed by atoms with Gasteiger partial charge in [0.25, 0.3) is 0 Å². The zero-order valence-corrected chi connectivity index (χ0v) is 15.1. The molecule has 0 atom stereocenters. The van der Waals surface area contributed by atoms with Crippen LogP contribution in [0.5, 0.6) is 5.75 Å². The predicted molar refractivity (Wildman–Crippen MR) is 98.2 cm³/mol. The molecular weight excluding hydrogens is 284 g/mol. The highest BCUT2D eigenvalue weighted by atomic mass is 16.5. The third-order valence-electron chi connectivity index (χ3n) is 4.87. The Morgan fingerprint density at radius 3 is 2.65 bits per heavy atom. The van der Waals surface area contributed by atoms with Crippen molar-refractivity contribution in [3.8, 4) is 5.75 Å². The maximum atomic E-state index is 6.05. The van der Waals surface area contributed by atoms with Crippen molar-refractivity contribution in [3.05, 3.63) is 29.3 Å². The fourth-order valence-electron chi connectivity index (χ4n) is 3.32. The molecule has 0 unspecified atom stereocenters. The number of nitrogens with one attached hydrogen (secondary N) is 1. The van der Waals surface area contributed by atoms with Gasteiger partial charge in [-0.1, -0.05) is 45.2 Å². The first-order valence-corrected chi connectivity index (χ1v) is 9.51. The molecule has 1 aliphatic rings. The summed E-state index contributed by atoms with van der Waals surface area (Å²) in [5.41, 5.74) is 2.83. The number of nitrogens with zero attached hydrogens (tertiary/aromatic N) is 1. The zero-order valence-electron chi connectivity index (χ0n) is 15.1. The van der Waals surface area contributed by atoms with Crippen LogP contribution in [0.25, 0.3) is 0 Å². The van der Waals surface area contributed by atoms with Crippen molar-refractivity contribution in [1.29, 1.82) is 0 Å². The molecule has 1 aliphatic heterocycles. The molecule has 0 aliphatic carbocycles. The van der Waals surface area contributed by atoms with E-state index in [0.29, 0.717) is 0 Å². The molecule has 1 aromatic rings. The fourth-order valence-corrected chi connectivity index (χ4v) is 3.32. The molecule has 2 rings (SSSR count). The van der Waals surface area contributed by atoms with E-state index in [1.54, 1.807) is 0 Å². The summed E-state index contributed by atoms with van der Waals surface area (Å²) in [5.74, 6) is 1.12. The minimum Gasteiger partial charge on any atom is -0.493 e. The zero-order chi connectivity index (χ0) is 16.3. The van der Waals surface area contributed by atoms with Crippen LogP contribution in [-0.4, -0.2) is 37.7 Å². The predicted octanol–water partition coefficient (Wildman–Crippen LogP) is 4.00. The van der Waals surface area contributed by atoms with Crippen molar-refractivity contribution < 1.29 is 4.74 Å². The van der Waals surface area contributed by atoms with Crippen molar-refractivity contribution in [3.63, 3.8) is 0 Å². The first kappa shape index (κ1) is 18.3. The van der Waals surface area contributed by atoms with Crippen molar-refractivity contribution in [2.45, 2.75) is 58.9 Å². The molecule has 1 aromatic carbocycles. The molecule has 0 saturated heterocycles. The summed E-state index contributed by atoms with van der Waals surface area (Å²) < 4.78 is 6.05. The molecule has 23 heavy (non-hydrogen) atoms. The van der Waals surface area contributed by atoms with Gasteiger partial charge in [-0.3, -0.25) is 0 Å². The quantitative estimate of drug-likeness (QED) is 0.624. The Morgan fingerprint density at radius 2 is 1.83 bits per heavy atom. The van der Waals surface area contributed by atoms with Crippen LogP contribution in [0.2, 0.25) is 0 Å². The average molecular weight is 319 g/mol. The van der Waals surface area contributed by atoms with Crippen LogP contribution in [0.3, 0.4) is 0 Å². The van der Waals surface area contributed by atoms with Crippen LogP contribution >= 0.6 is 0 Å². The van der Waals surface area contributed by atoms with E-state index in [0.717, 1.165) is 31.9 Å². The first-order valence-electron chi connectivity index (χ1n) is 9.51. The van der Waals surface area contributed by atoms with Crippen molar-refractivity contribution in [2.75, 3.05) is 32.8 Å². The molecule has 0 saturated carbocycles. The maximum absolute atomic E-state index is 6.05. The van der Waals surface area contributed by atoms with Crippen molar-refractivity contribution in [1.82, 2.24) is 10.2 Å². The van der Waals surface area contributed by atoms with Gasteiger partial charge in [0.15, 0.2) is 0 Å². The molecule has 0 aromatic heterocycles. The van der Waals surface area contributed by atoms with Gasteiger partial charge in [-0.2, -0.15) is 0 Å². The fraction of sp³-hybridized carbons (Fsp3) is 0.700. The Kier molecular flexibility index (Phi) is 8.48. The molecule has 0 amide bonds. The van der Waals surface area contributed by atoms with Gasteiger partial charge in [0.05, 0.1) is 6.61 Å². The van der Waals surface area contributed by atoms with Gasteiger partial charge in [-0.25, -0.2) is 0 Å². The summed E-state index contributed by atoms with van der Waals surface area (Å²) in [6.07, 6.45) is 7.57. The van der Waals surface area contributed by atoms with Crippen LogP contribution < -0.4 is 10.1 Å². The highest BCUT2D eigenvalue weighted by Gasteiger charge is 2.12. The van der Waals surface area contributed by atoms with Crippen molar-refractivity contribution >= 4 is 0 Å². The number of hydrogen-bond acceptors (Lipinski definition) is 3. The number of fused-ring (bicyclic) bond motifs is 1. The molecule has 0 radical (unpaired) electrons. The standard InChI is InChI=1S/C20H34N2O/c1-3-22(4-2)15-8-6-5-7-9-16-23-20-12-10-11-18-17-21-14-13-19(18)20/h10-12,21H,3-9,13-17H2,1-2H3. The second kappa shape index (κ2) is 10.7. The lowest BCUT2D eigenvalue weighted by Crippen LogP contribution is -2.24. The molecule has 3 nitrogen and oxygen atoms in total. The SMILES string of the molecule is CCN(CC)CCCCCCCOc1cccc2c1CCNC2. The van der Waals surface area contributed by atoms with Gasteiger partial charge in [-0.05, 0) is 62.6 Å². The summed E-state index contributed by atoms with van der Waals surface area (Å²) >= 11 is 0. The molecule has 0 bridgehead atoms. The van der Waals surface area contributed by atoms with E-state index in [1.807, 2.05) is 0 Å². The Morgan fingerprint density at radius 1 is 1.04 bits per heavy atom. The molecular formula is C20H34N2O. The van der Waals surface area contributed by atoms with Crippen LogP contribution in [-0.2, 0) is 13.0 Å². The highest BCUT2D eigenvalue weighted by Crippen LogP contribution is 2.25. The Hall–Kier alpha value is -1.06. The van der Waals surface area contributed by atoms with Crippen LogP contribution in [0, 0.1) is 0 Å². The summed E-state index contributed by atoms with van der Waals surface area (Å²) in [7, 11) is 0. The monoisotopic (exact) mass is 318 g/mol. The van der Waals surface area contributed by atoms with E-state index >= 15 is 0 Å². The molecule has 1 heterocycles. The van der Waals surface area contributed by atoms with Gasteiger partial charge in [0.2, 0.25) is 0 Å². The van der Waals surface area contributed by atoms with E-state index in [1.165, 1.54) is 62.9 Å². The minimum atomic E-state index is 0.861. The first-order chi connectivity index (χ1) is 11.3. The van der Waals surface area contributed by atoms with E-state index in [-0.39, 0.29) is 0 Å². The lowest BCUT2D eigenvalue weighted by molar-refractivity contribution is 0.288. The van der Waals surface area contributed by atoms with Gasteiger partial charge >= 0.3 is 0 Å². The van der Waals surface area contributed by atoms with Gasteiger partial charge in [0.1, 0.15) is 5.75 Å². The van der Waals surface area contributed by atoms with E-state index in [9.17, 15) is 0 Å². The van der Waals surface area contributed by atoms with Gasteiger partial charge in [0, 0.05) is 6.54 Å². The molecule has 3 heteroatoms. The Bertz CT molecular complexity index is 443. The number of unbranched alkanes of at least 4 members (excludes halogenated alkanes) is 4. The number of ether oxygens (including phenoxy) is 1. The number of rotatable bonds is 11. The maximum Gasteiger partial charge on any atom is 0.122 e. The third kappa shape index (κ3) is 6.15. The second-order valence-corrected chi connectivity index (χ2v) is 6.46. The number of benzene rings is 1. The molecule has 1 N–H and O–H groups in total. The van der Waals surface area contributed by atoms with Gasteiger partial charge < -0.3 is 15.0 Å². The summed E-state index contributed by atoms with van der Waals surface area (Å²) in [6.45, 7) is 11.0. The summed E-state index contributed by atoms with van der Waals surface area (Å²) in [6, 6.07) is 6.47. The second-order valence-electron chi connectivity index (χ2n) is 6.46. The van der Waals surface area contributed by atoms with Crippen molar-refractivity contribution in [2.24, 2.45) is 0 Å². The van der Waals surface area contributed by atoms with E-state index in [4.69, 9.17) is 4.74 Å². The van der Waals surface area contributed by atoms with Crippen LogP contribution in [0.1, 0.15) is 57.1 Å².